The number of alkyl halides is 3. The molecule has 0 spiro atoms. The summed E-state index contributed by atoms with van der Waals surface area (Å²) in [6.07, 6.45) is -2.86. The van der Waals surface area contributed by atoms with Gasteiger partial charge in [-0.05, 0) is 43.5 Å². The van der Waals surface area contributed by atoms with Crippen molar-refractivity contribution in [2.75, 3.05) is 19.8 Å². The second kappa shape index (κ2) is 8.61. The van der Waals surface area contributed by atoms with E-state index in [0.717, 1.165) is 24.1 Å². The van der Waals surface area contributed by atoms with Gasteiger partial charge in [0.2, 0.25) is 0 Å². The highest BCUT2D eigenvalue weighted by Gasteiger charge is 2.28. The molecular weight excluding hydrogens is 303 g/mol. The fourth-order valence-electron chi connectivity index (χ4n) is 1.94. The van der Waals surface area contributed by atoms with E-state index < -0.39 is 12.8 Å². The van der Waals surface area contributed by atoms with Crippen LogP contribution in [0.15, 0.2) is 18.2 Å². The first-order valence-electron chi connectivity index (χ1n) is 6.94. The van der Waals surface area contributed by atoms with E-state index in [0.29, 0.717) is 11.4 Å². The molecule has 0 amide bonds. The summed E-state index contributed by atoms with van der Waals surface area (Å²) >= 11 is 6.17. The lowest BCUT2D eigenvalue weighted by Gasteiger charge is -2.20. The Morgan fingerprint density at radius 2 is 2.05 bits per heavy atom. The summed E-state index contributed by atoms with van der Waals surface area (Å²) in [6.45, 7) is 3.45. The summed E-state index contributed by atoms with van der Waals surface area (Å²) in [5.74, 6) is 0. The Kier molecular flexibility index (Phi) is 7.49. The van der Waals surface area contributed by atoms with Gasteiger partial charge in [0.25, 0.3) is 0 Å². The number of hydrogen-bond donors (Lipinski definition) is 1. The Hall–Kier alpha value is -0.780. The third-order valence-corrected chi connectivity index (χ3v) is 3.29. The van der Waals surface area contributed by atoms with Crippen molar-refractivity contribution in [3.63, 3.8) is 0 Å². The van der Waals surface area contributed by atoms with Crippen molar-refractivity contribution in [2.24, 2.45) is 0 Å². The van der Waals surface area contributed by atoms with Crippen LogP contribution >= 0.6 is 11.6 Å². The number of rotatable bonds is 8. The standard InChI is InChI=1S/C15H21ClF3NO/c1-3-6-20-13(9-21-10-15(17,18)19)8-12-5-4-11(2)7-14(12)16/h4-5,7,13,20H,3,6,8-10H2,1-2H3. The zero-order valence-corrected chi connectivity index (χ0v) is 13.0. The predicted molar refractivity (Wildman–Crippen MR) is 78.8 cm³/mol. The first kappa shape index (κ1) is 18.3. The molecule has 0 aliphatic rings. The highest BCUT2D eigenvalue weighted by molar-refractivity contribution is 6.31. The molecule has 1 atom stereocenters. The summed E-state index contributed by atoms with van der Waals surface area (Å²) < 4.78 is 41.1. The van der Waals surface area contributed by atoms with Gasteiger partial charge in [-0.1, -0.05) is 30.7 Å². The molecule has 0 aliphatic heterocycles. The third kappa shape index (κ3) is 7.69. The van der Waals surface area contributed by atoms with Crippen molar-refractivity contribution >= 4 is 11.6 Å². The van der Waals surface area contributed by atoms with Crippen LogP contribution < -0.4 is 5.32 Å². The average Bonchev–Trinajstić information content (AvgIpc) is 2.37. The van der Waals surface area contributed by atoms with Crippen molar-refractivity contribution in [1.82, 2.24) is 5.32 Å². The molecule has 0 saturated heterocycles. The largest absolute Gasteiger partial charge is 0.411 e. The molecule has 120 valence electrons. The SMILES string of the molecule is CCCNC(COCC(F)(F)F)Cc1ccc(C)cc1Cl. The second-order valence-corrected chi connectivity index (χ2v) is 5.49. The zero-order chi connectivity index (χ0) is 15.9. The van der Waals surface area contributed by atoms with E-state index in [1.165, 1.54) is 0 Å². The Bertz CT molecular complexity index is 437. The topological polar surface area (TPSA) is 21.3 Å². The van der Waals surface area contributed by atoms with Gasteiger partial charge in [-0.3, -0.25) is 0 Å². The van der Waals surface area contributed by atoms with Crippen LogP contribution in [0.3, 0.4) is 0 Å². The maximum atomic E-state index is 12.1. The monoisotopic (exact) mass is 323 g/mol. The molecule has 0 aromatic heterocycles. The van der Waals surface area contributed by atoms with Gasteiger partial charge in [-0.2, -0.15) is 13.2 Å². The van der Waals surface area contributed by atoms with Crippen LogP contribution in [0, 0.1) is 6.92 Å². The van der Waals surface area contributed by atoms with E-state index in [9.17, 15) is 13.2 Å². The second-order valence-electron chi connectivity index (χ2n) is 5.08. The van der Waals surface area contributed by atoms with Gasteiger partial charge < -0.3 is 10.1 Å². The molecule has 0 fully saturated rings. The molecular formula is C15H21ClF3NO. The van der Waals surface area contributed by atoms with Gasteiger partial charge in [0.1, 0.15) is 6.61 Å². The van der Waals surface area contributed by atoms with E-state index in [1.54, 1.807) is 0 Å². The van der Waals surface area contributed by atoms with Gasteiger partial charge >= 0.3 is 6.18 Å². The Morgan fingerprint density at radius 3 is 2.62 bits per heavy atom. The van der Waals surface area contributed by atoms with Crippen LogP contribution in [0.5, 0.6) is 0 Å². The Labute approximate surface area is 128 Å². The van der Waals surface area contributed by atoms with E-state index >= 15 is 0 Å². The highest BCUT2D eigenvalue weighted by atomic mass is 35.5. The molecule has 6 heteroatoms. The van der Waals surface area contributed by atoms with Crippen LogP contribution in [0.2, 0.25) is 5.02 Å². The molecule has 21 heavy (non-hydrogen) atoms. The van der Waals surface area contributed by atoms with Crippen LogP contribution in [-0.4, -0.2) is 32.0 Å². The number of aryl methyl sites for hydroxylation is 1. The summed E-state index contributed by atoms with van der Waals surface area (Å²) in [5, 5.41) is 3.83. The predicted octanol–water partition coefficient (Wildman–Crippen LogP) is 4.14. The summed E-state index contributed by atoms with van der Waals surface area (Å²) in [6, 6.07) is 5.51. The average molecular weight is 324 g/mol. The smallest absolute Gasteiger partial charge is 0.370 e. The molecule has 1 aromatic carbocycles. The van der Waals surface area contributed by atoms with Crippen LogP contribution in [0.1, 0.15) is 24.5 Å². The van der Waals surface area contributed by atoms with Crippen LogP contribution in [0.25, 0.3) is 0 Å². The normalized spacial score (nSPS) is 13.4. The Balaban J connectivity index is 2.60. The first-order chi connectivity index (χ1) is 9.81. The van der Waals surface area contributed by atoms with Crippen molar-refractivity contribution in [3.8, 4) is 0 Å². The number of nitrogens with one attached hydrogen (secondary N) is 1. The lowest BCUT2D eigenvalue weighted by molar-refractivity contribution is -0.175. The molecule has 1 N–H and O–H groups in total. The van der Waals surface area contributed by atoms with Crippen LogP contribution in [-0.2, 0) is 11.2 Å². The van der Waals surface area contributed by atoms with Gasteiger partial charge in [-0.25, -0.2) is 0 Å². The fourth-order valence-corrected chi connectivity index (χ4v) is 2.25. The highest BCUT2D eigenvalue weighted by Crippen LogP contribution is 2.20. The number of benzene rings is 1. The molecule has 0 radical (unpaired) electrons. The van der Waals surface area contributed by atoms with Gasteiger partial charge in [0.05, 0.1) is 6.61 Å². The lowest BCUT2D eigenvalue weighted by atomic mass is 10.0. The molecule has 1 unspecified atom stereocenters. The van der Waals surface area contributed by atoms with Gasteiger partial charge in [0.15, 0.2) is 0 Å². The van der Waals surface area contributed by atoms with Crippen molar-refractivity contribution < 1.29 is 17.9 Å². The molecule has 0 bridgehead atoms. The van der Waals surface area contributed by atoms with E-state index in [-0.39, 0.29) is 12.6 Å². The lowest BCUT2D eigenvalue weighted by Crippen LogP contribution is -2.37. The summed E-state index contributed by atoms with van der Waals surface area (Å²) in [7, 11) is 0. The van der Waals surface area contributed by atoms with Gasteiger partial charge in [0, 0.05) is 11.1 Å². The van der Waals surface area contributed by atoms with Crippen molar-refractivity contribution in [2.45, 2.75) is 38.9 Å². The molecule has 1 rings (SSSR count). The minimum absolute atomic E-state index is 0.00369. The maximum absolute atomic E-state index is 12.1. The quantitative estimate of drug-likeness (QED) is 0.776. The molecule has 0 saturated carbocycles. The number of hydrogen-bond acceptors (Lipinski definition) is 2. The number of ether oxygens (including phenoxy) is 1. The van der Waals surface area contributed by atoms with Crippen molar-refractivity contribution in [1.29, 1.82) is 0 Å². The summed E-state index contributed by atoms with van der Waals surface area (Å²) in [4.78, 5) is 0. The van der Waals surface area contributed by atoms with E-state index in [1.807, 2.05) is 32.0 Å². The molecule has 0 aliphatic carbocycles. The molecule has 1 aromatic rings. The maximum Gasteiger partial charge on any atom is 0.411 e. The summed E-state index contributed by atoms with van der Waals surface area (Å²) in [5.41, 5.74) is 1.96. The Morgan fingerprint density at radius 1 is 1.33 bits per heavy atom. The molecule has 2 nitrogen and oxygen atoms in total. The fraction of sp³-hybridized carbons (Fsp3) is 0.600. The van der Waals surface area contributed by atoms with Gasteiger partial charge in [-0.15, -0.1) is 0 Å². The third-order valence-electron chi connectivity index (χ3n) is 2.94. The minimum atomic E-state index is -4.29. The van der Waals surface area contributed by atoms with E-state index in [2.05, 4.69) is 5.32 Å². The molecule has 0 heterocycles. The first-order valence-corrected chi connectivity index (χ1v) is 7.32. The zero-order valence-electron chi connectivity index (χ0n) is 12.3. The number of halogens is 4. The minimum Gasteiger partial charge on any atom is -0.370 e. The van der Waals surface area contributed by atoms with Crippen LogP contribution in [0.4, 0.5) is 13.2 Å². The van der Waals surface area contributed by atoms with E-state index in [4.69, 9.17) is 16.3 Å². The van der Waals surface area contributed by atoms with Crippen molar-refractivity contribution in [3.05, 3.63) is 34.3 Å².